The molecule has 5 N–H and O–H groups in total. The van der Waals surface area contributed by atoms with Gasteiger partial charge in [0.2, 0.25) is 0 Å². The van der Waals surface area contributed by atoms with Crippen molar-refractivity contribution in [3.63, 3.8) is 0 Å². The predicted molar refractivity (Wildman–Crippen MR) is 107 cm³/mol. The number of nitrogens with one attached hydrogen (secondary N) is 5. The Kier molecular flexibility index (Phi) is 7.91. The second-order valence-electron chi connectivity index (χ2n) is 7.16. The Bertz CT molecular complexity index is 669. The average Bonchev–Trinajstić information content (AvgIpc) is 2.67. The predicted octanol–water partition coefficient (Wildman–Crippen LogP) is 0.976. The molecule has 9 heteroatoms. The van der Waals surface area contributed by atoms with E-state index in [9.17, 15) is 14.4 Å². The molecule has 154 valence electrons. The Labute approximate surface area is 165 Å². The molecule has 1 aromatic carbocycles. The second-order valence-corrected chi connectivity index (χ2v) is 7.16. The summed E-state index contributed by atoms with van der Waals surface area (Å²) in [6.45, 7) is 6.82. The summed E-state index contributed by atoms with van der Waals surface area (Å²) >= 11 is 0. The second kappa shape index (κ2) is 10.4. The van der Waals surface area contributed by atoms with Crippen LogP contribution in [0.5, 0.6) is 0 Å². The van der Waals surface area contributed by atoms with Gasteiger partial charge in [0.15, 0.2) is 0 Å². The molecule has 0 aromatic heterocycles. The standard InChI is InChI=1S/C19H30N6O3/c1-13-9-20-17(26)24-14(2)10-22-19(28)25(12-16-7-5-4-6-8-16)15(3)11-21-18(27)23-13/h4-8,13-15H,9-12H2,1-3H3,(H,22,28)(H2,20,24,26)(H2,21,23,27)/t13-,14+,15-/m0/s1. The number of urea groups is 3. The van der Waals surface area contributed by atoms with E-state index in [-0.39, 0.29) is 36.2 Å². The molecular formula is C19H30N6O3. The van der Waals surface area contributed by atoms with Gasteiger partial charge in [0, 0.05) is 44.3 Å². The van der Waals surface area contributed by atoms with Crippen LogP contribution in [0.1, 0.15) is 26.3 Å². The van der Waals surface area contributed by atoms with Gasteiger partial charge in [-0.25, -0.2) is 14.4 Å². The molecule has 6 amide bonds. The zero-order valence-corrected chi connectivity index (χ0v) is 16.6. The van der Waals surface area contributed by atoms with Crippen LogP contribution < -0.4 is 26.6 Å². The lowest BCUT2D eigenvalue weighted by Gasteiger charge is -2.30. The Balaban J connectivity index is 2.13. The Morgan fingerprint density at radius 1 is 0.821 bits per heavy atom. The van der Waals surface area contributed by atoms with Crippen LogP contribution in [-0.2, 0) is 6.54 Å². The van der Waals surface area contributed by atoms with Crippen LogP contribution in [0.15, 0.2) is 30.3 Å². The van der Waals surface area contributed by atoms with Crippen molar-refractivity contribution >= 4 is 18.1 Å². The molecule has 0 aliphatic carbocycles. The molecule has 0 unspecified atom stereocenters. The van der Waals surface area contributed by atoms with Crippen molar-refractivity contribution in [2.45, 2.75) is 45.4 Å². The van der Waals surface area contributed by atoms with Gasteiger partial charge in [0.1, 0.15) is 0 Å². The summed E-state index contributed by atoms with van der Waals surface area (Å²) in [4.78, 5) is 38.5. The highest BCUT2D eigenvalue weighted by Crippen LogP contribution is 2.09. The molecule has 1 aliphatic rings. The Hall–Kier alpha value is -2.97. The molecule has 0 bridgehead atoms. The van der Waals surface area contributed by atoms with E-state index in [2.05, 4.69) is 26.6 Å². The van der Waals surface area contributed by atoms with Gasteiger partial charge in [-0.2, -0.15) is 0 Å². The SMILES string of the molecule is C[C@@H]1CNC(=O)N(Cc2ccccc2)[C@@H](C)CNC(=O)N[C@@H](C)CNC(=O)N1. The van der Waals surface area contributed by atoms with Crippen molar-refractivity contribution in [1.29, 1.82) is 0 Å². The number of carbonyl (C=O) groups excluding carboxylic acids is 3. The summed E-state index contributed by atoms with van der Waals surface area (Å²) < 4.78 is 0. The smallest absolute Gasteiger partial charge is 0.318 e. The summed E-state index contributed by atoms with van der Waals surface area (Å²) in [6.07, 6.45) is 0. The zero-order valence-electron chi connectivity index (χ0n) is 16.6. The fraction of sp³-hybridized carbons (Fsp3) is 0.526. The van der Waals surface area contributed by atoms with Crippen molar-refractivity contribution in [2.24, 2.45) is 0 Å². The summed E-state index contributed by atoms with van der Waals surface area (Å²) in [7, 11) is 0. The van der Waals surface area contributed by atoms with Gasteiger partial charge in [-0.1, -0.05) is 30.3 Å². The van der Waals surface area contributed by atoms with E-state index in [1.54, 1.807) is 11.8 Å². The van der Waals surface area contributed by atoms with Crippen LogP contribution in [0.4, 0.5) is 14.4 Å². The minimum atomic E-state index is -0.347. The first-order valence-corrected chi connectivity index (χ1v) is 9.52. The highest BCUT2D eigenvalue weighted by Gasteiger charge is 2.22. The summed E-state index contributed by atoms with van der Waals surface area (Å²) in [5.74, 6) is 0. The first-order valence-electron chi connectivity index (χ1n) is 9.52. The molecule has 1 fully saturated rings. The minimum Gasteiger partial charge on any atom is -0.336 e. The van der Waals surface area contributed by atoms with Gasteiger partial charge in [-0.3, -0.25) is 0 Å². The van der Waals surface area contributed by atoms with E-state index in [0.717, 1.165) is 5.56 Å². The monoisotopic (exact) mass is 390 g/mol. The van der Waals surface area contributed by atoms with Crippen LogP contribution >= 0.6 is 0 Å². The number of amides is 6. The van der Waals surface area contributed by atoms with Crippen molar-refractivity contribution in [2.75, 3.05) is 19.6 Å². The zero-order chi connectivity index (χ0) is 20.5. The highest BCUT2D eigenvalue weighted by atomic mass is 16.2. The van der Waals surface area contributed by atoms with Crippen LogP contribution in [-0.4, -0.2) is 60.8 Å². The molecule has 3 atom stereocenters. The third kappa shape index (κ3) is 6.98. The summed E-state index contributed by atoms with van der Waals surface area (Å²) in [5.41, 5.74) is 0.992. The number of nitrogens with zero attached hydrogens (tertiary/aromatic N) is 1. The fourth-order valence-electron chi connectivity index (χ4n) is 2.80. The van der Waals surface area contributed by atoms with Gasteiger partial charge in [0.25, 0.3) is 0 Å². The number of hydrogen-bond acceptors (Lipinski definition) is 3. The van der Waals surface area contributed by atoms with Crippen LogP contribution in [0.2, 0.25) is 0 Å². The summed E-state index contributed by atoms with van der Waals surface area (Å²) in [6, 6.07) is 8.01. The molecule has 1 heterocycles. The maximum absolute atomic E-state index is 12.8. The Morgan fingerprint density at radius 2 is 1.36 bits per heavy atom. The van der Waals surface area contributed by atoms with Gasteiger partial charge in [-0.15, -0.1) is 0 Å². The normalized spacial score (nSPS) is 25.2. The molecule has 0 radical (unpaired) electrons. The third-order valence-electron chi connectivity index (χ3n) is 4.43. The molecule has 1 aliphatic heterocycles. The van der Waals surface area contributed by atoms with E-state index in [1.165, 1.54) is 0 Å². The average molecular weight is 390 g/mol. The maximum atomic E-state index is 12.8. The van der Waals surface area contributed by atoms with Crippen molar-refractivity contribution in [3.05, 3.63) is 35.9 Å². The van der Waals surface area contributed by atoms with Gasteiger partial charge in [0.05, 0.1) is 0 Å². The number of benzene rings is 1. The number of carbonyl (C=O) groups is 3. The van der Waals surface area contributed by atoms with Crippen LogP contribution in [0.3, 0.4) is 0 Å². The Morgan fingerprint density at radius 3 is 1.96 bits per heavy atom. The molecule has 0 saturated carbocycles. The molecule has 9 nitrogen and oxygen atoms in total. The maximum Gasteiger partial charge on any atom is 0.318 e. The topological polar surface area (TPSA) is 115 Å². The van der Waals surface area contributed by atoms with Gasteiger partial charge in [-0.05, 0) is 26.3 Å². The van der Waals surface area contributed by atoms with Gasteiger partial charge < -0.3 is 31.5 Å². The van der Waals surface area contributed by atoms with E-state index >= 15 is 0 Å². The van der Waals surface area contributed by atoms with E-state index in [0.29, 0.717) is 26.2 Å². The molecule has 2 rings (SSSR count). The minimum absolute atomic E-state index is 0.227. The summed E-state index contributed by atoms with van der Waals surface area (Å²) in [5, 5.41) is 13.9. The lowest BCUT2D eigenvalue weighted by atomic mass is 10.2. The van der Waals surface area contributed by atoms with Crippen LogP contribution in [0, 0.1) is 0 Å². The van der Waals surface area contributed by atoms with Crippen molar-refractivity contribution in [3.8, 4) is 0 Å². The molecule has 1 aromatic rings. The quantitative estimate of drug-likeness (QED) is 0.518. The largest absolute Gasteiger partial charge is 0.336 e. The number of hydrogen-bond donors (Lipinski definition) is 5. The molecular weight excluding hydrogens is 360 g/mol. The van der Waals surface area contributed by atoms with E-state index < -0.39 is 0 Å². The fourth-order valence-corrected chi connectivity index (χ4v) is 2.80. The first kappa shape index (κ1) is 21.3. The third-order valence-corrected chi connectivity index (χ3v) is 4.43. The van der Waals surface area contributed by atoms with Crippen molar-refractivity contribution < 1.29 is 14.4 Å². The lowest BCUT2D eigenvalue weighted by Crippen LogP contribution is -2.52. The van der Waals surface area contributed by atoms with Gasteiger partial charge >= 0.3 is 18.1 Å². The highest BCUT2D eigenvalue weighted by molar-refractivity contribution is 5.77. The molecule has 1 saturated heterocycles. The van der Waals surface area contributed by atoms with Crippen molar-refractivity contribution in [1.82, 2.24) is 31.5 Å². The van der Waals surface area contributed by atoms with Crippen LogP contribution in [0.25, 0.3) is 0 Å². The van der Waals surface area contributed by atoms with E-state index in [1.807, 2.05) is 44.2 Å². The molecule has 0 spiro atoms. The lowest BCUT2D eigenvalue weighted by molar-refractivity contribution is 0.172. The number of rotatable bonds is 2. The first-order chi connectivity index (χ1) is 13.3. The van der Waals surface area contributed by atoms with E-state index in [4.69, 9.17) is 0 Å². The molecule has 28 heavy (non-hydrogen) atoms.